The Labute approximate surface area is 192 Å². The number of carbonyl (C=O) groups is 5. The van der Waals surface area contributed by atoms with Gasteiger partial charge in [-0.25, -0.2) is 4.79 Å². The van der Waals surface area contributed by atoms with E-state index in [9.17, 15) is 29.1 Å². The van der Waals surface area contributed by atoms with Crippen LogP contribution in [0.5, 0.6) is 0 Å². The average molecular weight is 465 g/mol. The quantitative estimate of drug-likeness (QED) is 0.215. The summed E-state index contributed by atoms with van der Waals surface area (Å²) >= 11 is 0. The number of hydrogen-bond donors (Lipinski definition) is 6. The summed E-state index contributed by atoms with van der Waals surface area (Å²) in [7, 11) is 0. The molecule has 0 aliphatic heterocycles. The van der Waals surface area contributed by atoms with Crippen LogP contribution in [0.4, 0.5) is 0 Å². The van der Waals surface area contributed by atoms with E-state index in [4.69, 9.17) is 10.8 Å². The van der Waals surface area contributed by atoms with Gasteiger partial charge in [-0.15, -0.1) is 0 Å². The number of nitrogens with two attached hydrogens (primary N) is 1. The van der Waals surface area contributed by atoms with Crippen LogP contribution in [0.3, 0.4) is 0 Å². The molecule has 4 unspecified atom stereocenters. The summed E-state index contributed by atoms with van der Waals surface area (Å²) in [6.45, 7) is 2.93. The molecule has 0 heterocycles. The van der Waals surface area contributed by atoms with Gasteiger partial charge < -0.3 is 31.9 Å². The maximum absolute atomic E-state index is 12.5. The van der Waals surface area contributed by atoms with Crippen LogP contribution in [0.2, 0.25) is 0 Å². The van der Waals surface area contributed by atoms with Crippen LogP contribution in [0.25, 0.3) is 0 Å². The fourth-order valence-corrected chi connectivity index (χ4v) is 2.97. The number of benzene rings is 1. The Morgan fingerprint density at radius 1 is 1.00 bits per heavy atom. The molecular formula is C22H32N4O7. The fourth-order valence-electron chi connectivity index (χ4n) is 2.97. The molecule has 0 aliphatic carbocycles. The number of amides is 3. The SMILES string of the molecule is CCC(C)C(NC(=O)CNC(=O)C(CCC(=O)O)NC(=O)C(N)Cc1ccccc1)C(=O)O. The Morgan fingerprint density at radius 3 is 2.18 bits per heavy atom. The van der Waals surface area contributed by atoms with Crippen LogP contribution in [-0.4, -0.2) is 64.5 Å². The first-order valence-electron chi connectivity index (χ1n) is 10.7. The minimum atomic E-state index is -1.23. The van der Waals surface area contributed by atoms with Crippen molar-refractivity contribution in [2.75, 3.05) is 6.54 Å². The van der Waals surface area contributed by atoms with Crippen LogP contribution in [0, 0.1) is 5.92 Å². The molecule has 0 aromatic heterocycles. The molecular weight excluding hydrogens is 432 g/mol. The van der Waals surface area contributed by atoms with Gasteiger partial charge in [0.1, 0.15) is 12.1 Å². The molecule has 0 radical (unpaired) electrons. The van der Waals surface area contributed by atoms with Crippen LogP contribution in [0.15, 0.2) is 30.3 Å². The Hall–Kier alpha value is -3.47. The van der Waals surface area contributed by atoms with Gasteiger partial charge in [0.05, 0.1) is 12.6 Å². The van der Waals surface area contributed by atoms with E-state index >= 15 is 0 Å². The third-order valence-electron chi connectivity index (χ3n) is 5.13. The molecule has 0 fully saturated rings. The number of nitrogens with one attached hydrogen (secondary N) is 3. The van der Waals surface area contributed by atoms with E-state index in [1.807, 2.05) is 6.07 Å². The van der Waals surface area contributed by atoms with Crippen molar-refractivity contribution in [2.24, 2.45) is 11.7 Å². The van der Waals surface area contributed by atoms with Crippen molar-refractivity contribution < 1.29 is 34.2 Å². The second-order valence-electron chi connectivity index (χ2n) is 7.78. The summed E-state index contributed by atoms with van der Waals surface area (Å²) in [6, 6.07) is 5.69. The molecule has 11 nitrogen and oxygen atoms in total. The number of hydrogen-bond acceptors (Lipinski definition) is 6. The summed E-state index contributed by atoms with van der Waals surface area (Å²) in [5, 5.41) is 25.3. The zero-order valence-corrected chi connectivity index (χ0v) is 18.7. The van der Waals surface area contributed by atoms with E-state index in [1.54, 1.807) is 38.1 Å². The first kappa shape index (κ1) is 27.6. The second-order valence-corrected chi connectivity index (χ2v) is 7.78. The molecule has 1 rings (SSSR count). The van der Waals surface area contributed by atoms with Gasteiger partial charge in [-0.1, -0.05) is 50.6 Å². The average Bonchev–Trinajstić information content (AvgIpc) is 2.78. The van der Waals surface area contributed by atoms with Gasteiger partial charge in [0.25, 0.3) is 0 Å². The van der Waals surface area contributed by atoms with Crippen LogP contribution in [-0.2, 0) is 30.4 Å². The largest absolute Gasteiger partial charge is 0.481 e. The van der Waals surface area contributed by atoms with Crippen molar-refractivity contribution in [3.63, 3.8) is 0 Å². The molecule has 4 atom stereocenters. The molecule has 3 amide bonds. The highest BCUT2D eigenvalue weighted by molar-refractivity contribution is 5.92. The summed E-state index contributed by atoms with van der Waals surface area (Å²) in [6.07, 6.45) is 0.134. The number of rotatable bonds is 14. The topological polar surface area (TPSA) is 188 Å². The predicted octanol–water partition coefficient (Wildman–Crippen LogP) is -0.362. The van der Waals surface area contributed by atoms with E-state index in [0.717, 1.165) is 5.56 Å². The molecule has 1 aromatic rings. The molecule has 182 valence electrons. The van der Waals surface area contributed by atoms with E-state index < -0.39 is 60.8 Å². The molecule has 1 aromatic carbocycles. The monoisotopic (exact) mass is 464 g/mol. The van der Waals surface area contributed by atoms with Crippen LogP contribution < -0.4 is 21.7 Å². The molecule has 0 spiro atoms. The van der Waals surface area contributed by atoms with Gasteiger partial charge in [0.15, 0.2) is 0 Å². The Kier molecular flexibility index (Phi) is 11.6. The second kappa shape index (κ2) is 13.8. The third kappa shape index (κ3) is 10.1. The summed E-state index contributed by atoms with van der Waals surface area (Å²) in [4.78, 5) is 59.4. The Bertz CT molecular complexity index is 831. The van der Waals surface area contributed by atoms with Crippen molar-refractivity contribution >= 4 is 29.7 Å². The lowest BCUT2D eigenvalue weighted by atomic mass is 9.99. The van der Waals surface area contributed by atoms with Gasteiger partial charge in [-0.05, 0) is 24.3 Å². The summed E-state index contributed by atoms with van der Waals surface area (Å²) < 4.78 is 0. The van der Waals surface area contributed by atoms with Gasteiger partial charge in [0, 0.05) is 6.42 Å². The number of aliphatic carboxylic acids is 2. The highest BCUT2D eigenvalue weighted by Crippen LogP contribution is 2.08. The van der Waals surface area contributed by atoms with Crippen LogP contribution in [0.1, 0.15) is 38.7 Å². The van der Waals surface area contributed by atoms with Gasteiger partial charge >= 0.3 is 11.9 Å². The summed E-state index contributed by atoms with van der Waals surface area (Å²) in [5.74, 6) is -4.82. The standard InChI is InChI=1S/C22H32N4O7/c1-3-13(2)19(22(32)33)26-17(27)12-24-21(31)16(9-10-18(28)29)25-20(30)15(23)11-14-7-5-4-6-8-14/h4-8,13,15-16,19H,3,9-12,23H2,1-2H3,(H,24,31)(H,25,30)(H,26,27)(H,28,29)(H,32,33). The highest BCUT2D eigenvalue weighted by Gasteiger charge is 2.27. The maximum Gasteiger partial charge on any atom is 0.326 e. The molecule has 0 saturated carbocycles. The molecule has 7 N–H and O–H groups in total. The molecule has 0 aliphatic rings. The smallest absolute Gasteiger partial charge is 0.326 e. The molecule has 0 saturated heterocycles. The third-order valence-corrected chi connectivity index (χ3v) is 5.13. The van der Waals surface area contributed by atoms with E-state index in [-0.39, 0.29) is 18.8 Å². The van der Waals surface area contributed by atoms with E-state index in [0.29, 0.717) is 6.42 Å². The first-order valence-corrected chi connectivity index (χ1v) is 10.7. The normalized spacial score (nSPS) is 14.3. The predicted molar refractivity (Wildman–Crippen MR) is 119 cm³/mol. The van der Waals surface area contributed by atoms with Gasteiger partial charge in [-0.2, -0.15) is 0 Å². The lowest BCUT2D eigenvalue weighted by molar-refractivity contribution is -0.143. The van der Waals surface area contributed by atoms with Crippen molar-refractivity contribution in [2.45, 2.75) is 57.7 Å². The van der Waals surface area contributed by atoms with Crippen molar-refractivity contribution in [1.82, 2.24) is 16.0 Å². The first-order chi connectivity index (χ1) is 15.5. The minimum Gasteiger partial charge on any atom is -0.481 e. The number of carbonyl (C=O) groups excluding carboxylic acids is 3. The minimum absolute atomic E-state index is 0.211. The van der Waals surface area contributed by atoms with Gasteiger partial charge in [-0.3, -0.25) is 19.2 Å². The van der Waals surface area contributed by atoms with Crippen molar-refractivity contribution in [1.29, 1.82) is 0 Å². The molecule has 0 bridgehead atoms. The zero-order chi connectivity index (χ0) is 25.0. The Morgan fingerprint density at radius 2 is 1.64 bits per heavy atom. The lowest BCUT2D eigenvalue weighted by Crippen LogP contribution is -2.54. The van der Waals surface area contributed by atoms with Crippen molar-refractivity contribution in [3.8, 4) is 0 Å². The maximum atomic E-state index is 12.5. The lowest BCUT2D eigenvalue weighted by Gasteiger charge is -2.22. The summed E-state index contributed by atoms with van der Waals surface area (Å²) in [5.41, 5.74) is 6.74. The molecule has 33 heavy (non-hydrogen) atoms. The Balaban J connectivity index is 2.71. The van der Waals surface area contributed by atoms with Crippen molar-refractivity contribution in [3.05, 3.63) is 35.9 Å². The van der Waals surface area contributed by atoms with Crippen LogP contribution >= 0.6 is 0 Å². The van der Waals surface area contributed by atoms with Gasteiger partial charge in [0.2, 0.25) is 17.7 Å². The highest BCUT2D eigenvalue weighted by atomic mass is 16.4. The number of carboxylic acids is 2. The zero-order valence-electron chi connectivity index (χ0n) is 18.7. The van der Waals surface area contributed by atoms with E-state index in [1.165, 1.54) is 0 Å². The molecule has 11 heteroatoms. The number of carboxylic acid groups (broad SMARTS) is 2. The van der Waals surface area contributed by atoms with E-state index in [2.05, 4.69) is 16.0 Å². The fraction of sp³-hybridized carbons (Fsp3) is 0.500.